The third-order valence-corrected chi connectivity index (χ3v) is 6.64. The molecule has 2 amide bonds. The first-order valence-corrected chi connectivity index (χ1v) is 12.3. The number of alkyl halides is 3. The molecule has 0 atom stereocenters. The van der Waals surface area contributed by atoms with Gasteiger partial charge in [-0.1, -0.05) is 0 Å². The Bertz CT molecular complexity index is 1210. The molecule has 1 aromatic carbocycles. The number of anilines is 2. The molecule has 2 saturated heterocycles. The summed E-state index contributed by atoms with van der Waals surface area (Å²) in [6.07, 6.45) is -4.34. The lowest BCUT2D eigenvalue weighted by atomic mass is 10.00. The minimum Gasteiger partial charge on any atom is -0.475 e. The van der Waals surface area contributed by atoms with Crippen LogP contribution in [0.15, 0.2) is 35.4 Å². The number of urea groups is 1. The smallest absolute Gasteiger partial charge is 0.412 e. The number of carbonyl (C=O) groups is 1. The van der Waals surface area contributed by atoms with Crippen molar-refractivity contribution in [1.29, 1.82) is 0 Å². The molecule has 3 heterocycles. The van der Waals surface area contributed by atoms with Crippen molar-refractivity contribution in [2.45, 2.75) is 26.4 Å². The van der Waals surface area contributed by atoms with E-state index in [9.17, 15) is 27.5 Å². The van der Waals surface area contributed by atoms with Crippen molar-refractivity contribution in [1.82, 2.24) is 9.88 Å². The number of hydrogen-bond donors (Lipinski definition) is 2. The third-order valence-electron chi connectivity index (χ3n) is 6.64. The Balaban J connectivity index is 1.61. The van der Waals surface area contributed by atoms with Gasteiger partial charge in [0, 0.05) is 37.8 Å². The number of aliphatic hydroxyl groups excluding tert-OH is 1. The Morgan fingerprint density at radius 3 is 2.61 bits per heavy atom. The molecule has 0 bridgehead atoms. The van der Waals surface area contributed by atoms with Crippen LogP contribution in [0.5, 0.6) is 5.88 Å². The highest BCUT2D eigenvalue weighted by atomic mass is 19.4. The summed E-state index contributed by atoms with van der Waals surface area (Å²) in [5.41, 5.74) is 1.21. The molecule has 12 heteroatoms. The zero-order valence-corrected chi connectivity index (χ0v) is 21.2. The lowest BCUT2D eigenvalue weighted by molar-refractivity contribution is -0.0922. The molecule has 2 aliphatic rings. The Morgan fingerprint density at radius 1 is 1.18 bits per heavy atom. The molecule has 0 saturated carbocycles. The number of nitrogens with one attached hydrogen (secondary N) is 1. The number of likely N-dealkylation sites (tertiary alicyclic amines) is 1. The predicted molar refractivity (Wildman–Crippen MR) is 134 cm³/mol. The lowest BCUT2D eigenvalue weighted by Gasteiger charge is -2.28. The average molecular weight is 539 g/mol. The van der Waals surface area contributed by atoms with Crippen LogP contribution in [0.25, 0.3) is 11.1 Å². The summed E-state index contributed by atoms with van der Waals surface area (Å²) in [6, 6.07) is 5.60. The number of aryl methyl sites for hydroxylation is 1. The minimum absolute atomic E-state index is 0.0444. The van der Waals surface area contributed by atoms with E-state index in [0.717, 1.165) is 6.92 Å². The van der Waals surface area contributed by atoms with E-state index in [2.05, 4.69) is 10.3 Å². The van der Waals surface area contributed by atoms with Gasteiger partial charge < -0.3 is 29.7 Å². The zero-order chi connectivity index (χ0) is 27.4. The summed E-state index contributed by atoms with van der Waals surface area (Å²) in [6.45, 7) is 4.85. The quantitative estimate of drug-likeness (QED) is 0.416. The van der Waals surface area contributed by atoms with E-state index in [4.69, 9.17) is 9.47 Å². The molecule has 4 rings (SSSR count). The van der Waals surface area contributed by atoms with Crippen LogP contribution in [0.1, 0.15) is 18.9 Å². The summed E-state index contributed by atoms with van der Waals surface area (Å²) < 4.78 is 65.0. The van der Waals surface area contributed by atoms with Crippen LogP contribution in [0.4, 0.5) is 33.9 Å². The maximum atomic E-state index is 14.9. The Hall–Kier alpha value is -3.38. The fourth-order valence-corrected chi connectivity index (χ4v) is 4.44. The van der Waals surface area contributed by atoms with Crippen molar-refractivity contribution in [3.8, 4) is 17.0 Å². The van der Waals surface area contributed by atoms with Crippen molar-refractivity contribution in [2.24, 2.45) is 0 Å². The van der Waals surface area contributed by atoms with E-state index < -0.39 is 23.6 Å². The van der Waals surface area contributed by atoms with Gasteiger partial charge in [-0.3, -0.25) is 0 Å². The number of aliphatic hydroxyl groups is 1. The molecule has 0 radical (unpaired) electrons. The molecule has 2 aromatic rings. The van der Waals surface area contributed by atoms with Crippen molar-refractivity contribution >= 4 is 17.5 Å². The molecule has 0 unspecified atom stereocenters. The van der Waals surface area contributed by atoms with E-state index in [-0.39, 0.29) is 49.9 Å². The van der Waals surface area contributed by atoms with Crippen molar-refractivity contribution in [3.05, 3.63) is 46.8 Å². The molecular weight excluding hydrogens is 508 g/mol. The van der Waals surface area contributed by atoms with Gasteiger partial charge in [-0.2, -0.15) is 18.2 Å². The summed E-state index contributed by atoms with van der Waals surface area (Å²) in [4.78, 5) is 20.6. The number of carbonyl (C=O) groups excluding carboxylic acids is 1. The van der Waals surface area contributed by atoms with Crippen LogP contribution in [-0.2, 0) is 4.74 Å². The van der Waals surface area contributed by atoms with E-state index in [1.807, 2.05) is 11.0 Å². The van der Waals surface area contributed by atoms with Crippen LogP contribution in [-0.4, -0.2) is 79.8 Å². The van der Waals surface area contributed by atoms with E-state index >= 15 is 0 Å². The SMILES string of the molecule is C/C(=C1\CCN(C(=O)Nc2cc(-c3cc(OCCO)nc(N4CCOCC4)c3)c(C)cc2F)C1)C(F)(F)F. The number of pyridine rings is 1. The fraction of sp³-hybridized carbons (Fsp3) is 0.462. The number of hydrogen-bond acceptors (Lipinski definition) is 6. The van der Waals surface area contributed by atoms with Crippen LogP contribution in [0, 0.1) is 12.7 Å². The number of morpholine rings is 1. The van der Waals surface area contributed by atoms with Gasteiger partial charge in [-0.05, 0) is 60.7 Å². The topological polar surface area (TPSA) is 87.2 Å². The number of aromatic nitrogens is 1. The van der Waals surface area contributed by atoms with Gasteiger partial charge >= 0.3 is 12.2 Å². The van der Waals surface area contributed by atoms with Gasteiger partial charge in [0.25, 0.3) is 0 Å². The normalized spacial score (nSPS) is 17.6. The molecule has 8 nitrogen and oxygen atoms in total. The molecule has 2 N–H and O–H groups in total. The number of allylic oxidation sites excluding steroid dienone is 1. The van der Waals surface area contributed by atoms with Crippen molar-refractivity contribution in [3.63, 3.8) is 0 Å². The highest BCUT2D eigenvalue weighted by Gasteiger charge is 2.35. The first kappa shape index (κ1) is 27.6. The van der Waals surface area contributed by atoms with Gasteiger partial charge in [0.15, 0.2) is 0 Å². The highest BCUT2D eigenvalue weighted by molar-refractivity contribution is 5.91. The van der Waals surface area contributed by atoms with Gasteiger partial charge in [0.05, 0.1) is 25.5 Å². The van der Waals surface area contributed by atoms with Gasteiger partial charge in [-0.25, -0.2) is 9.18 Å². The number of nitrogens with zero attached hydrogens (tertiary/aromatic N) is 3. The van der Waals surface area contributed by atoms with Crippen LogP contribution < -0.4 is 15.0 Å². The molecule has 206 valence electrons. The minimum atomic E-state index is -4.45. The molecule has 38 heavy (non-hydrogen) atoms. The highest BCUT2D eigenvalue weighted by Crippen LogP contribution is 2.34. The molecular formula is C26H30F4N4O4. The maximum absolute atomic E-state index is 14.9. The third kappa shape index (κ3) is 6.36. The number of amides is 2. The number of benzene rings is 1. The second-order valence-corrected chi connectivity index (χ2v) is 9.20. The van der Waals surface area contributed by atoms with Gasteiger partial charge in [-0.15, -0.1) is 0 Å². The first-order chi connectivity index (χ1) is 18.1. The largest absolute Gasteiger partial charge is 0.475 e. The monoisotopic (exact) mass is 538 g/mol. The van der Waals surface area contributed by atoms with E-state index in [0.29, 0.717) is 48.8 Å². The number of ether oxygens (including phenoxy) is 2. The second-order valence-electron chi connectivity index (χ2n) is 9.20. The summed E-state index contributed by atoms with van der Waals surface area (Å²) in [5.74, 6) is 0.244. The first-order valence-electron chi connectivity index (χ1n) is 12.3. The summed E-state index contributed by atoms with van der Waals surface area (Å²) in [5, 5.41) is 11.7. The van der Waals surface area contributed by atoms with Crippen LogP contribution in [0.3, 0.4) is 0 Å². The lowest BCUT2D eigenvalue weighted by Crippen LogP contribution is -2.36. The zero-order valence-electron chi connectivity index (χ0n) is 21.2. The second kappa shape index (κ2) is 11.6. The fourth-order valence-electron chi connectivity index (χ4n) is 4.44. The van der Waals surface area contributed by atoms with Crippen LogP contribution >= 0.6 is 0 Å². The molecule has 1 aromatic heterocycles. The average Bonchev–Trinajstić information content (AvgIpc) is 3.38. The maximum Gasteiger partial charge on any atom is 0.412 e. The molecule has 0 aliphatic carbocycles. The van der Waals surface area contributed by atoms with Gasteiger partial charge in [0.2, 0.25) is 5.88 Å². The Kier molecular flexibility index (Phi) is 8.41. The molecule has 0 spiro atoms. The van der Waals surface area contributed by atoms with Crippen molar-refractivity contribution < 1.29 is 36.9 Å². The summed E-state index contributed by atoms with van der Waals surface area (Å²) >= 11 is 0. The summed E-state index contributed by atoms with van der Waals surface area (Å²) in [7, 11) is 0. The number of rotatable bonds is 6. The molecule has 2 aliphatic heterocycles. The van der Waals surface area contributed by atoms with Crippen molar-refractivity contribution in [2.75, 3.05) is 62.8 Å². The van der Waals surface area contributed by atoms with E-state index in [1.165, 1.54) is 17.0 Å². The standard InChI is InChI=1S/C26H30F4N4O4/c1-16-11-21(27)22(31-25(36)34-4-3-18(15-34)17(2)26(28,29)30)14-20(16)19-12-23(33-5-8-37-9-6-33)32-24(13-19)38-10-7-35/h11-14,35H,3-10,15H2,1-2H3,(H,31,36)/b18-17-. The molecule has 2 fully saturated rings. The van der Waals surface area contributed by atoms with Gasteiger partial charge in [0.1, 0.15) is 18.2 Å². The number of halogens is 4. The Labute approximate surface area is 217 Å². The van der Waals surface area contributed by atoms with Crippen LogP contribution in [0.2, 0.25) is 0 Å². The predicted octanol–water partition coefficient (Wildman–Crippen LogP) is 4.52. The van der Waals surface area contributed by atoms with E-state index in [1.54, 1.807) is 13.0 Å². The Morgan fingerprint density at radius 2 is 1.92 bits per heavy atom.